The molecule has 0 radical (unpaired) electrons. The molecule has 1 N–H and O–H groups in total. The largest absolute Gasteiger partial charge is 0.337 e. The standard InChI is InChI=1S/C19H24N4O/c1-13-6-7-16(15(3)11-13)21-19-20-9-8-17(22-19)18(24)23-10-4-5-14(2)12-23/h6-9,11,14H,4-5,10,12H2,1-3H3,(H,20,21,22). The molecule has 0 spiro atoms. The first-order chi connectivity index (χ1) is 11.5. The summed E-state index contributed by atoms with van der Waals surface area (Å²) in [5.74, 6) is 1.00. The Kier molecular flexibility index (Phi) is 4.79. The van der Waals surface area contributed by atoms with E-state index >= 15 is 0 Å². The molecule has 1 atom stereocenters. The highest BCUT2D eigenvalue weighted by Gasteiger charge is 2.23. The van der Waals surface area contributed by atoms with E-state index in [9.17, 15) is 4.79 Å². The van der Waals surface area contributed by atoms with Gasteiger partial charge in [-0.15, -0.1) is 0 Å². The quantitative estimate of drug-likeness (QED) is 0.935. The van der Waals surface area contributed by atoms with E-state index in [4.69, 9.17) is 0 Å². The van der Waals surface area contributed by atoms with Crippen molar-refractivity contribution in [3.63, 3.8) is 0 Å². The van der Waals surface area contributed by atoms with Gasteiger partial charge in [0, 0.05) is 25.0 Å². The van der Waals surface area contributed by atoms with Crippen molar-refractivity contribution in [2.24, 2.45) is 5.92 Å². The average molecular weight is 324 g/mol. The van der Waals surface area contributed by atoms with E-state index in [0.717, 1.165) is 30.8 Å². The number of likely N-dealkylation sites (tertiary alicyclic amines) is 1. The van der Waals surface area contributed by atoms with Crippen molar-refractivity contribution < 1.29 is 4.79 Å². The molecule has 1 saturated heterocycles. The summed E-state index contributed by atoms with van der Waals surface area (Å²) in [6.07, 6.45) is 3.89. The van der Waals surface area contributed by atoms with E-state index in [1.807, 2.05) is 24.0 Å². The smallest absolute Gasteiger partial charge is 0.272 e. The second-order valence-electron chi connectivity index (χ2n) is 6.71. The lowest BCUT2D eigenvalue weighted by Crippen LogP contribution is -2.39. The van der Waals surface area contributed by atoms with Crippen LogP contribution in [0, 0.1) is 19.8 Å². The van der Waals surface area contributed by atoms with Crippen LogP contribution in [0.2, 0.25) is 0 Å². The van der Waals surface area contributed by atoms with Crippen LogP contribution in [0.15, 0.2) is 30.5 Å². The summed E-state index contributed by atoms with van der Waals surface area (Å²) >= 11 is 0. The summed E-state index contributed by atoms with van der Waals surface area (Å²) in [7, 11) is 0. The number of nitrogens with one attached hydrogen (secondary N) is 1. The molecule has 126 valence electrons. The maximum atomic E-state index is 12.7. The number of amides is 1. The Morgan fingerprint density at radius 1 is 1.29 bits per heavy atom. The van der Waals surface area contributed by atoms with Crippen molar-refractivity contribution in [1.82, 2.24) is 14.9 Å². The van der Waals surface area contributed by atoms with Crippen LogP contribution in [-0.4, -0.2) is 33.9 Å². The third-order valence-corrected chi connectivity index (χ3v) is 4.45. The first-order valence-electron chi connectivity index (χ1n) is 8.49. The van der Waals surface area contributed by atoms with Gasteiger partial charge in [0.2, 0.25) is 5.95 Å². The molecule has 0 bridgehead atoms. The summed E-state index contributed by atoms with van der Waals surface area (Å²) in [6, 6.07) is 7.84. The van der Waals surface area contributed by atoms with Crippen molar-refractivity contribution in [2.75, 3.05) is 18.4 Å². The van der Waals surface area contributed by atoms with Gasteiger partial charge in [-0.2, -0.15) is 0 Å². The highest BCUT2D eigenvalue weighted by molar-refractivity contribution is 5.92. The molecule has 1 aromatic carbocycles. The Morgan fingerprint density at radius 3 is 2.88 bits per heavy atom. The van der Waals surface area contributed by atoms with Gasteiger partial charge in [-0.1, -0.05) is 24.6 Å². The Balaban J connectivity index is 1.77. The molecular formula is C19H24N4O. The number of aromatic nitrogens is 2. The number of carbonyl (C=O) groups is 1. The Labute approximate surface area is 143 Å². The van der Waals surface area contributed by atoms with E-state index in [-0.39, 0.29) is 5.91 Å². The predicted molar refractivity (Wildman–Crippen MR) is 95.5 cm³/mol. The molecule has 0 saturated carbocycles. The summed E-state index contributed by atoms with van der Waals surface area (Å²) < 4.78 is 0. The molecule has 3 rings (SSSR count). The minimum absolute atomic E-state index is 0.00683. The fraction of sp³-hybridized carbons (Fsp3) is 0.421. The van der Waals surface area contributed by atoms with Gasteiger partial charge < -0.3 is 10.2 Å². The van der Waals surface area contributed by atoms with Crippen molar-refractivity contribution >= 4 is 17.5 Å². The number of benzene rings is 1. The molecule has 2 aromatic rings. The number of piperidine rings is 1. The zero-order chi connectivity index (χ0) is 17.1. The molecule has 5 heteroatoms. The van der Waals surface area contributed by atoms with Crippen LogP contribution in [0.4, 0.5) is 11.6 Å². The number of hydrogen-bond acceptors (Lipinski definition) is 4. The van der Waals surface area contributed by atoms with Gasteiger partial charge in [0.25, 0.3) is 5.91 Å². The van der Waals surface area contributed by atoms with Crippen LogP contribution in [0.1, 0.15) is 41.4 Å². The van der Waals surface area contributed by atoms with Gasteiger partial charge in [-0.05, 0) is 50.3 Å². The first kappa shape index (κ1) is 16.4. The molecule has 1 fully saturated rings. The van der Waals surface area contributed by atoms with Crippen LogP contribution in [0.3, 0.4) is 0 Å². The normalized spacial score (nSPS) is 17.6. The molecule has 24 heavy (non-hydrogen) atoms. The van der Waals surface area contributed by atoms with Crippen molar-refractivity contribution in [3.05, 3.63) is 47.3 Å². The fourth-order valence-electron chi connectivity index (χ4n) is 3.15. The van der Waals surface area contributed by atoms with E-state index in [0.29, 0.717) is 17.6 Å². The number of anilines is 2. The van der Waals surface area contributed by atoms with Gasteiger partial charge in [0.05, 0.1) is 0 Å². The predicted octanol–water partition coefficient (Wildman–Crippen LogP) is 3.71. The van der Waals surface area contributed by atoms with Gasteiger partial charge >= 0.3 is 0 Å². The van der Waals surface area contributed by atoms with Crippen LogP contribution in [0.25, 0.3) is 0 Å². The minimum atomic E-state index is -0.00683. The van der Waals surface area contributed by atoms with Crippen LogP contribution >= 0.6 is 0 Å². The summed E-state index contributed by atoms with van der Waals surface area (Å²) in [4.78, 5) is 23.2. The third-order valence-electron chi connectivity index (χ3n) is 4.45. The monoisotopic (exact) mass is 324 g/mol. The van der Waals surface area contributed by atoms with Gasteiger partial charge in [-0.3, -0.25) is 4.79 Å². The van der Waals surface area contributed by atoms with E-state index in [1.165, 1.54) is 12.0 Å². The maximum absolute atomic E-state index is 12.7. The van der Waals surface area contributed by atoms with Crippen LogP contribution in [-0.2, 0) is 0 Å². The average Bonchev–Trinajstić information content (AvgIpc) is 2.57. The number of nitrogens with zero attached hydrogens (tertiary/aromatic N) is 3. The molecule has 1 aromatic heterocycles. The van der Waals surface area contributed by atoms with E-state index in [1.54, 1.807) is 12.3 Å². The summed E-state index contributed by atoms with van der Waals surface area (Å²) in [6.45, 7) is 7.91. The third kappa shape index (κ3) is 3.72. The lowest BCUT2D eigenvalue weighted by molar-refractivity contribution is 0.0677. The highest BCUT2D eigenvalue weighted by Crippen LogP contribution is 2.20. The van der Waals surface area contributed by atoms with Gasteiger partial charge in [-0.25, -0.2) is 9.97 Å². The van der Waals surface area contributed by atoms with E-state index < -0.39 is 0 Å². The molecule has 1 aliphatic rings. The van der Waals surface area contributed by atoms with Gasteiger partial charge in [0.15, 0.2) is 0 Å². The Bertz CT molecular complexity index is 744. The second kappa shape index (κ2) is 6.99. The topological polar surface area (TPSA) is 58.1 Å². The first-order valence-corrected chi connectivity index (χ1v) is 8.49. The number of hydrogen-bond donors (Lipinski definition) is 1. The zero-order valence-corrected chi connectivity index (χ0v) is 14.5. The minimum Gasteiger partial charge on any atom is -0.337 e. The lowest BCUT2D eigenvalue weighted by Gasteiger charge is -2.30. The second-order valence-corrected chi connectivity index (χ2v) is 6.71. The zero-order valence-electron chi connectivity index (χ0n) is 14.5. The van der Waals surface area contributed by atoms with Crippen molar-refractivity contribution in [2.45, 2.75) is 33.6 Å². The fourth-order valence-corrected chi connectivity index (χ4v) is 3.15. The van der Waals surface area contributed by atoms with Crippen molar-refractivity contribution in [3.8, 4) is 0 Å². The van der Waals surface area contributed by atoms with Gasteiger partial charge in [0.1, 0.15) is 5.69 Å². The molecule has 1 amide bonds. The number of carbonyl (C=O) groups excluding carboxylic acids is 1. The van der Waals surface area contributed by atoms with E-state index in [2.05, 4.69) is 35.2 Å². The van der Waals surface area contributed by atoms with Crippen LogP contribution in [0.5, 0.6) is 0 Å². The Hall–Kier alpha value is -2.43. The summed E-state index contributed by atoms with van der Waals surface area (Å²) in [5, 5.41) is 3.21. The Morgan fingerprint density at radius 2 is 2.12 bits per heavy atom. The molecule has 1 unspecified atom stereocenters. The molecule has 1 aliphatic heterocycles. The molecule has 2 heterocycles. The number of aryl methyl sites for hydroxylation is 2. The number of rotatable bonds is 3. The van der Waals surface area contributed by atoms with Crippen LogP contribution < -0.4 is 5.32 Å². The molecule has 5 nitrogen and oxygen atoms in total. The highest BCUT2D eigenvalue weighted by atomic mass is 16.2. The lowest BCUT2D eigenvalue weighted by atomic mass is 10.00. The van der Waals surface area contributed by atoms with Crippen molar-refractivity contribution in [1.29, 1.82) is 0 Å². The SMILES string of the molecule is Cc1ccc(Nc2nccc(C(=O)N3CCCC(C)C3)n2)c(C)c1. The molecular weight excluding hydrogens is 300 g/mol. The molecule has 0 aliphatic carbocycles. The maximum Gasteiger partial charge on any atom is 0.272 e. The summed E-state index contributed by atoms with van der Waals surface area (Å²) in [5.41, 5.74) is 3.74.